The summed E-state index contributed by atoms with van der Waals surface area (Å²) in [5.41, 5.74) is 4.10. The van der Waals surface area contributed by atoms with Crippen molar-refractivity contribution in [3.05, 3.63) is 63.4 Å². The molecule has 1 aromatic carbocycles. The van der Waals surface area contributed by atoms with Gasteiger partial charge < -0.3 is 10.6 Å². The lowest BCUT2D eigenvalue weighted by molar-refractivity contribution is 0.0934. The topological polar surface area (TPSA) is 88.9 Å². The lowest BCUT2D eigenvalue weighted by atomic mass is 10.1. The van der Waals surface area contributed by atoms with Gasteiger partial charge in [0.05, 0.1) is 6.04 Å². The summed E-state index contributed by atoms with van der Waals surface area (Å²) in [4.78, 5) is 29.3. The third-order valence-electron chi connectivity index (χ3n) is 4.81. The molecule has 0 unspecified atom stereocenters. The number of amides is 2. The quantitative estimate of drug-likeness (QED) is 0.695. The molecule has 0 aliphatic heterocycles. The van der Waals surface area contributed by atoms with Crippen LogP contribution in [0, 0.1) is 0 Å². The fourth-order valence-electron chi connectivity index (χ4n) is 3.38. The molecule has 2 amide bonds. The summed E-state index contributed by atoms with van der Waals surface area (Å²) in [5.74, 6) is -0.500. The van der Waals surface area contributed by atoms with Gasteiger partial charge in [-0.25, -0.2) is 4.98 Å². The van der Waals surface area contributed by atoms with Gasteiger partial charge in [0.15, 0.2) is 0 Å². The number of fused-ring (bicyclic) bond motifs is 1. The molecule has 2 heterocycles. The predicted molar refractivity (Wildman–Crippen MR) is 108 cm³/mol. The van der Waals surface area contributed by atoms with E-state index in [-0.39, 0.29) is 17.9 Å². The molecular formula is C20H21N5O2S. The second kappa shape index (κ2) is 7.55. The van der Waals surface area contributed by atoms with Gasteiger partial charge in [-0.1, -0.05) is 12.1 Å². The molecule has 0 fully saturated rings. The van der Waals surface area contributed by atoms with Crippen LogP contribution in [0.4, 0.5) is 5.69 Å². The van der Waals surface area contributed by atoms with Crippen molar-refractivity contribution in [3.63, 3.8) is 0 Å². The van der Waals surface area contributed by atoms with E-state index in [4.69, 9.17) is 0 Å². The average Bonchev–Trinajstić information content (AvgIpc) is 3.42. The molecule has 1 aliphatic rings. The van der Waals surface area contributed by atoms with Crippen LogP contribution in [0.5, 0.6) is 0 Å². The van der Waals surface area contributed by atoms with Crippen LogP contribution < -0.4 is 10.6 Å². The van der Waals surface area contributed by atoms with Crippen LogP contribution in [-0.4, -0.2) is 26.6 Å². The van der Waals surface area contributed by atoms with Crippen LogP contribution in [0.2, 0.25) is 0 Å². The van der Waals surface area contributed by atoms with Gasteiger partial charge in [0.2, 0.25) is 0 Å². The highest BCUT2D eigenvalue weighted by atomic mass is 32.1. The Kier molecular flexibility index (Phi) is 4.95. The van der Waals surface area contributed by atoms with Gasteiger partial charge >= 0.3 is 0 Å². The van der Waals surface area contributed by atoms with Gasteiger partial charge in [0, 0.05) is 24.3 Å². The molecule has 2 N–H and O–H groups in total. The number of hydrogen-bond acceptors (Lipinski definition) is 5. The fraction of sp³-hybridized carbons (Fsp3) is 0.300. The van der Waals surface area contributed by atoms with Crippen molar-refractivity contribution >= 4 is 28.8 Å². The summed E-state index contributed by atoms with van der Waals surface area (Å²) in [6.07, 6.45) is 4.89. The monoisotopic (exact) mass is 395 g/mol. The maximum Gasteiger partial charge on any atom is 0.275 e. The molecule has 28 heavy (non-hydrogen) atoms. The zero-order chi connectivity index (χ0) is 19.7. The number of carbonyl (C=O) groups is 2. The first-order valence-electron chi connectivity index (χ1n) is 9.19. The molecule has 0 saturated heterocycles. The molecule has 2 aromatic heterocycles. The molecule has 7 nitrogen and oxygen atoms in total. The number of aryl methyl sites for hydroxylation is 2. The van der Waals surface area contributed by atoms with Gasteiger partial charge in [-0.15, -0.1) is 11.3 Å². The van der Waals surface area contributed by atoms with Gasteiger partial charge in [0.1, 0.15) is 16.4 Å². The summed E-state index contributed by atoms with van der Waals surface area (Å²) in [6, 6.07) is 7.36. The van der Waals surface area contributed by atoms with E-state index in [1.54, 1.807) is 29.4 Å². The van der Waals surface area contributed by atoms with Gasteiger partial charge in [-0.05, 0) is 49.4 Å². The molecule has 1 aliphatic carbocycles. The largest absolute Gasteiger partial charge is 0.342 e. The van der Waals surface area contributed by atoms with E-state index in [9.17, 15) is 9.59 Å². The first-order valence-corrected chi connectivity index (χ1v) is 10.1. The number of nitrogens with one attached hydrogen (secondary N) is 2. The van der Waals surface area contributed by atoms with E-state index >= 15 is 0 Å². The Morgan fingerprint density at radius 1 is 1.18 bits per heavy atom. The molecule has 144 valence electrons. The van der Waals surface area contributed by atoms with Gasteiger partial charge in [-0.3, -0.25) is 14.3 Å². The Bertz CT molecular complexity index is 1040. The highest BCUT2D eigenvalue weighted by Gasteiger charge is 2.20. The van der Waals surface area contributed by atoms with Crippen molar-refractivity contribution in [3.8, 4) is 0 Å². The Labute approximate surface area is 166 Å². The van der Waals surface area contributed by atoms with E-state index < -0.39 is 0 Å². The fourth-order valence-corrected chi connectivity index (χ4v) is 4.19. The Hall–Kier alpha value is -3.00. The van der Waals surface area contributed by atoms with Crippen molar-refractivity contribution in [2.24, 2.45) is 7.05 Å². The zero-order valence-electron chi connectivity index (χ0n) is 15.7. The summed E-state index contributed by atoms with van der Waals surface area (Å²) in [6.45, 7) is 1.84. The summed E-state index contributed by atoms with van der Waals surface area (Å²) >= 11 is 1.35. The third kappa shape index (κ3) is 3.68. The minimum atomic E-state index is -0.318. The molecule has 1 atom stereocenters. The van der Waals surface area contributed by atoms with Crippen molar-refractivity contribution in [1.82, 2.24) is 20.1 Å². The lowest BCUT2D eigenvalue weighted by Crippen LogP contribution is -2.27. The normalized spacial score (nSPS) is 13.8. The molecule has 0 bridgehead atoms. The van der Waals surface area contributed by atoms with Gasteiger partial charge in [-0.2, -0.15) is 5.10 Å². The summed E-state index contributed by atoms with van der Waals surface area (Å²) in [7, 11) is 1.76. The van der Waals surface area contributed by atoms with Gasteiger partial charge in [0.25, 0.3) is 11.8 Å². The zero-order valence-corrected chi connectivity index (χ0v) is 16.5. The number of hydrogen-bond donors (Lipinski definition) is 2. The molecular weight excluding hydrogens is 374 g/mol. The van der Waals surface area contributed by atoms with E-state index in [0.29, 0.717) is 16.4 Å². The Morgan fingerprint density at radius 3 is 2.82 bits per heavy atom. The van der Waals surface area contributed by atoms with Crippen LogP contribution >= 0.6 is 11.3 Å². The van der Waals surface area contributed by atoms with E-state index in [1.165, 1.54) is 22.5 Å². The summed E-state index contributed by atoms with van der Waals surface area (Å²) in [5, 5.41) is 12.3. The number of thiazole rings is 1. The first kappa shape index (κ1) is 18.4. The van der Waals surface area contributed by atoms with Crippen LogP contribution in [0.15, 0.2) is 35.8 Å². The number of rotatable bonds is 5. The molecule has 3 aromatic rings. The number of anilines is 1. The van der Waals surface area contributed by atoms with Crippen molar-refractivity contribution in [1.29, 1.82) is 0 Å². The Morgan fingerprint density at radius 2 is 2.04 bits per heavy atom. The maximum absolute atomic E-state index is 12.6. The maximum atomic E-state index is 12.6. The third-order valence-corrected chi connectivity index (χ3v) is 5.84. The SMILES string of the molecule is C[C@H](NC(=O)c1ccn(C)n1)c1nc(C(=O)Nc2cccc3c2CCC3)cs1. The molecule has 0 radical (unpaired) electrons. The van der Waals surface area contributed by atoms with Crippen LogP contribution in [0.1, 0.15) is 56.5 Å². The van der Waals surface area contributed by atoms with Crippen molar-refractivity contribution in [2.75, 3.05) is 5.32 Å². The highest BCUT2D eigenvalue weighted by Crippen LogP contribution is 2.29. The number of carbonyl (C=O) groups excluding carboxylic acids is 2. The van der Waals surface area contributed by atoms with E-state index in [0.717, 1.165) is 24.9 Å². The van der Waals surface area contributed by atoms with Crippen LogP contribution in [0.3, 0.4) is 0 Å². The number of nitrogens with zero attached hydrogens (tertiary/aromatic N) is 3. The highest BCUT2D eigenvalue weighted by molar-refractivity contribution is 7.09. The smallest absolute Gasteiger partial charge is 0.275 e. The van der Waals surface area contributed by atoms with E-state index in [2.05, 4.69) is 26.8 Å². The number of aromatic nitrogens is 3. The predicted octanol–water partition coefficient (Wildman–Crippen LogP) is 3.11. The lowest BCUT2D eigenvalue weighted by Gasteiger charge is -2.10. The second-order valence-corrected chi connectivity index (χ2v) is 7.78. The molecule has 4 rings (SSSR count). The number of benzene rings is 1. The second-order valence-electron chi connectivity index (χ2n) is 6.89. The summed E-state index contributed by atoms with van der Waals surface area (Å²) < 4.78 is 1.58. The molecule has 0 saturated carbocycles. The van der Waals surface area contributed by atoms with Crippen molar-refractivity contribution < 1.29 is 9.59 Å². The first-order chi connectivity index (χ1) is 13.5. The minimum absolute atomic E-state index is 0.231. The van der Waals surface area contributed by atoms with Crippen LogP contribution in [-0.2, 0) is 19.9 Å². The van der Waals surface area contributed by atoms with Crippen molar-refractivity contribution in [2.45, 2.75) is 32.2 Å². The standard InChI is InChI=1S/C20H21N5O2S/c1-12(21-18(26)16-9-10-25(2)24-16)20-23-17(11-28-20)19(27)22-15-8-4-6-13-5-3-7-14(13)15/h4,6,8-12H,3,5,7H2,1-2H3,(H,21,26)(H,22,27)/t12-/m0/s1. The Balaban J connectivity index is 1.43. The molecule has 0 spiro atoms. The molecule has 8 heteroatoms. The average molecular weight is 395 g/mol. The van der Waals surface area contributed by atoms with Crippen LogP contribution in [0.25, 0.3) is 0 Å². The van der Waals surface area contributed by atoms with E-state index in [1.807, 2.05) is 19.1 Å². The minimum Gasteiger partial charge on any atom is -0.342 e.